The van der Waals surface area contributed by atoms with Gasteiger partial charge >= 0.3 is 0 Å². The van der Waals surface area contributed by atoms with Gasteiger partial charge in [-0.1, -0.05) is 12.1 Å². The van der Waals surface area contributed by atoms with Crippen molar-refractivity contribution < 1.29 is 4.79 Å². The van der Waals surface area contributed by atoms with Crippen LogP contribution in [-0.4, -0.2) is 34.3 Å². The van der Waals surface area contributed by atoms with Gasteiger partial charge in [0.05, 0.1) is 17.5 Å². The van der Waals surface area contributed by atoms with Crippen LogP contribution in [0.3, 0.4) is 0 Å². The third-order valence-electron chi connectivity index (χ3n) is 4.35. The fourth-order valence-corrected chi connectivity index (χ4v) is 2.83. The lowest BCUT2D eigenvalue weighted by Crippen LogP contribution is -2.25. The molecule has 7 nitrogen and oxygen atoms in total. The first-order chi connectivity index (χ1) is 12.7. The van der Waals surface area contributed by atoms with Crippen molar-refractivity contribution in [2.24, 2.45) is 10.7 Å². The van der Waals surface area contributed by atoms with E-state index in [9.17, 15) is 4.79 Å². The summed E-state index contributed by atoms with van der Waals surface area (Å²) in [6.45, 7) is 0. The summed E-state index contributed by atoms with van der Waals surface area (Å²) in [6.07, 6.45) is 3.20. The number of carbonyl (C=O) groups excluding carboxylic acids is 1. The highest BCUT2D eigenvalue weighted by molar-refractivity contribution is 6.05. The third-order valence-corrected chi connectivity index (χ3v) is 4.35. The van der Waals surface area contributed by atoms with Gasteiger partial charge in [-0.3, -0.25) is 15.3 Å². The molecule has 1 heterocycles. The zero-order valence-corrected chi connectivity index (χ0v) is 14.0. The summed E-state index contributed by atoms with van der Waals surface area (Å²) < 4.78 is 0. The van der Waals surface area contributed by atoms with Gasteiger partial charge in [0.2, 0.25) is 0 Å². The molecule has 7 heteroatoms. The number of rotatable bonds is 4. The minimum absolute atomic E-state index is 0.0612. The van der Waals surface area contributed by atoms with Gasteiger partial charge in [-0.25, -0.2) is 4.99 Å². The number of carbonyl (C=O) groups is 1. The van der Waals surface area contributed by atoms with Gasteiger partial charge in [0, 0.05) is 28.1 Å². The molecule has 3 aromatic rings. The summed E-state index contributed by atoms with van der Waals surface area (Å²) in [6, 6.07) is 13.2. The van der Waals surface area contributed by atoms with Crippen LogP contribution in [0.25, 0.3) is 22.2 Å². The Balaban J connectivity index is 1.72. The third kappa shape index (κ3) is 3.06. The Morgan fingerprint density at radius 3 is 2.88 bits per heavy atom. The molecule has 1 aliphatic carbocycles. The van der Waals surface area contributed by atoms with E-state index in [1.54, 1.807) is 12.1 Å². The molecular weight excluding hydrogens is 328 g/mol. The summed E-state index contributed by atoms with van der Waals surface area (Å²) in [5.74, 6) is 0.0213. The van der Waals surface area contributed by atoms with E-state index < -0.39 is 0 Å². The molecule has 2 aromatic carbocycles. The van der Waals surface area contributed by atoms with Crippen LogP contribution in [0, 0.1) is 5.41 Å². The van der Waals surface area contributed by atoms with Crippen LogP contribution in [0.4, 0.5) is 0 Å². The number of nitrogens with one attached hydrogen (secondary N) is 3. The van der Waals surface area contributed by atoms with E-state index in [1.165, 1.54) is 0 Å². The molecule has 1 saturated carbocycles. The highest BCUT2D eigenvalue weighted by Gasteiger charge is 2.24. The molecule has 1 fully saturated rings. The van der Waals surface area contributed by atoms with Crippen molar-refractivity contribution in [1.82, 2.24) is 15.5 Å². The van der Waals surface area contributed by atoms with Crippen LogP contribution in [0.5, 0.6) is 0 Å². The Morgan fingerprint density at radius 1 is 1.27 bits per heavy atom. The van der Waals surface area contributed by atoms with Crippen LogP contribution in [-0.2, 0) is 0 Å². The second kappa shape index (κ2) is 6.44. The van der Waals surface area contributed by atoms with E-state index in [1.807, 2.05) is 30.3 Å². The van der Waals surface area contributed by atoms with E-state index in [-0.39, 0.29) is 11.7 Å². The summed E-state index contributed by atoms with van der Waals surface area (Å²) in [5, 5.41) is 19.2. The molecule has 1 aromatic heterocycles. The highest BCUT2D eigenvalue weighted by atomic mass is 16.1. The van der Waals surface area contributed by atoms with Crippen LogP contribution >= 0.6 is 0 Å². The molecule has 0 bridgehead atoms. The van der Waals surface area contributed by atoms with Gasteiger partial charge in [0.25, 0.3) is 5.91 Å². The maximum absolute atomic E-state index is 12.3. The summed E-state index contributed by atoms with van der Waals surface area (Å²) in [4.78, 5) is 16.1. The number of hydrogen-bond acceptors (Lipinski definition) is 3. The molecule has 0 aliphatic heterocycles. The van der Waals surface area contributed by atoms with E-state index in [0.717, 1.165) is 41.3 Å². The Bertz CT molecular complexity index is 1030. The first-order valence-electron chi connectivity index (χ1n) is 8.38. The van der Waals surface area contributed by atoms with Crippen LogP contribution in [0.1, 0.15) is 28.8 Å². The van der Waals surface area contributed by atoms with Crippen LogP contribution in [0.15, 0.2) is 47.5 Å². The number of amidine groups is 1. The number of benzene rings is 2. The first-order valence-corrected chi connectivity index (χ1v) is 8.38. The number of amides is 1. The first kappa shape index (κ1) is 16.0. The Morgan fingerprint density at radius 2 is 2.12 bits per heavy atom. The lowest BCUT2D eigenvalue weighted by Gasteiger charge is -2.05. The number of H-pyrrole nitrogens is 1. The van der Waals surface area contributed by atoms with Crippen molar-refractivity contribution in [3.63, 3.8) is 0 Å². The molecule has 0 saturated heterocycles. The van der Waals surface area contributed by atoms with Gasteiger partial charge in [0.1, 0.15) is 0 Å². The number of fused-ring (bicyclic) bond motifs is 1. The molecule has 1 aliphatic rings. The van der Waals surface area contributed by atoms with Gasteiger partial charge < -0.3 is 11.1 Å². The molecule has 1 amide bonds. The number of aromatic amines is 1. The van der Waals surface area contributed by atoms with Crippen molar-refractivity contribution in [2.45, 2.75) is 18.9 Å². The minimum atomic E-state index is -0.0612. The fourth-order valence-electron chi connectivity index (χ4n) is 2.83. The number of nitrogens with two attached hydrogens (primary N) is 1. The number of nitrogens with zero attached hydrogens (tertiary/aromatic N) is 2. The quantitative estimate of drug-likeness (QED) is 0.429. The predicted molar refractivity (Wildman–Crippen MR) is 102 cm³/mol. The zero-order valence-electron chi connectivity index (χ0n) is 14.0. The molecule has 130 valence electrons. The predicted octanol–water partition coefficient (Wildman–Crippen LogP) is 2.43. The highest BCUT2D eigenvalue weighted by Crippen LogP contribution is 2.28. The SMILES string of the molecule is N=C(/N=C\N)c1ccc2[nH]nc(-c3cccc(C(=O)NC4CC4)c3)c2c1. The van der Waals surface area contributed by atoms with E-state index in [2.05, 4.69) is 20.5 Å². The van der Waals surface area contributed by atoms with Crippen LogP contribution in [0.2, 0.25) is 0 Å². The molecule has 0 radical (unpaired) electrons. The van der Waals surface area contributed by atoms with Crippen molar-refractivity contribution in [1.29, 1.82) is 5.41 Å². The number of hydrogen-bond donors (Lipinski definition) is 4. The molecular formula is C19H18N6O. The number of aliphatic imine (C=N–C) groups is 1. The van der Waals surface area contributed by atoms with Gasteiger partial charge in [0.15, 0.2) is 5.84 Å². The Hall–Kier alpha value is -3.48. The average molecular weight is 346 g/mol. The fraction of sp³-hybridized carbons (Fsp3) is 0.158. The molecule has 0 atom stereocenters. The topological polar surface area (TPSA) is 120 Å². The van der Waals surface area contributed by atoms with Gasteiger partial charge in [-0.2, -0.15) is 5.10 Å². The van der Waals surface area contributed by atoms with Crippen molar-refractivity contribution in [3.8, 4) is 11.3 Å². The van der Waals surface area contributed by atoms with Crippen molar-refractivity contribution in [3.05, 3.63) is 53.6 Å². The largest absolute Gasteiger partial charge is 0.390 e. The maximum Gasteiger partial charge on any atom is 0.251 e. The minimum Gasteiger partial charge on any atom is -0.390 e. The zero-order chi connectivity index (χ0) is 18.1. The van der Waals surface area contributed by atoms with E-state index in [0.29, 0.717) is 17.2 Å². The molecule has 26 heavy (non-hydrogen) atoms. The summed E-state index contributed by atoms with van der Waals surface area (Å²) in [5.41, 5.74) is 8.95. The second-order valence-electron chi connectivity index (χ2n) is 6.29. The lowest BCUT2D eigenvalue weighted by molar-refractivity contribution is 0.0951. The van der Waals surface area contributed by atoms with Gasteiger partial charge in [-0.05, 0) is 43.2 Å². The molecule has 5 N–H and O–H groups in total. The molecule has 0 unspecified atom stereocenters. The van der Waals surface area contributed by atoms with Crippen LogP contribution < -0.4 is 11.1 Å². The Labute approximate surface area is 149 Å². The standard InChI is InChI=1S/C19H18N6O/c20-10-22-18(21)12-4-7-16-15(9-12)17(25-24-16)11-2-1-3-13(8-11)19(26)23-14-5-6-14/h1-4,7-10,14H,5-6H2,(H,23,26)(H,24,25)(H3,20,21,22). The number of aromatic nitrogens is 2. The Kier molecular flexibility index (Phi) is 3.96. The van der Waals surface area contributed by atoms with Crippen molar-refractivity contribution >= 4 is 29.0 Å². The summed E-state index contributed by atoms with van der Waals surface area (Å²) >= 11 is 0. The molecule has 0 spiro atoms. The monoisotopic (exact) mass is 346 g/mol. The summed E-state index contributed by atoms with van der Waals surface area (Å²) in [7, 11) is 0. The average Bonchev–Trinajstić information content (AvgIpc) is 3.37. The molecule has 4 rings (SSSR count). The van der Waals surface area contributed by atoms with Crippen molar-refractivity contribution in [2.75, 3.05) is 0 Å². The smallest absolute Gasteiger partial charge is 0.251 e. The lowest BCUT2D eigenvalue weighted by atomic mass is 10.0. The van der Waals surface area contributed by atoms with Gasteiger partial charge in [-0.15, -0.1) is 0 Å². The normalized spacial score (nSPS) is 14.0. The van der Waals surface area contributed by atoms with E-state index >= 15 is 0 Å². The maximum atomic E-state index is 12.3. The second-order valence-corrected chi connectivity index (χ2v) is 6.29. The van der Waals surface area contributed by atoms with E-state index in [4.69, 9.17) is 11.1 Å².